The van der Waals surface area contributed by atoms with E-state index < -0.39 is 18.2 Å². The van der Waals surface area contributed by atoms with E-state index >= 15 is 0 Å². The Balaban J connectivity index is 1.45. The smallest absolute Gasteiger partial charge is 0.407 e. The number of alkyl carbamates (subject to hydrolysis) is 1. The Kier molecular flexibility index (Phi) is 4.42. The van der Waals surface area contributed by atoms with Crippen molar-refractivity contribution in [2.75, 3.05) is 19.8 Å². The lowest BCUT2D eigenvalue weighted by Crippen LogP contribution is -2.49. The molecule has 0 radical (unpaired) electrons. The zero-order valence-electron chi connectivity index (χ0n) is 13.9. The maximum absolute atomic E-state index is 12.1. The first-order valence-corrected chi connectivity index (χ1v) is 8.61. The molecule has 4 rings (SSSR count). The summed E-state index contributed by atoms with van der Waals surface area (Å²) in [4.78, 5) is 12.1. The molecule has 1 aliphatic carbocycles. The van der Waals surface area contributed by atoms with Crippen LogP contribution in [0.5, 0.6) is 0 Å². The van der Waals surface area contributed by atoms with E-state index in [2.05, 4.69) is 29.6 Å². The van der Waals surface area contributed by atoms with E-state index in [1.165, 1.54) is 22.3 Å². The van der Waals surface area contributed by atoms with Crippen LogP contribution in [0, 0.1) is 0 Å². The number of ether oxygens (including phenoxy) is 2. The molecule has 130 valence electrons. The van der Waals surface area contributed by atoms with Gasteiger partial charge in [-0.2, -0.15) is 0 Å². The van der Waals surface area contributed by atoms with E-state index in [-0.39, 0.29) is 12.5 Å². The van der Waals surface area contributed by atoms with Gasteiger partial charge >= 0.3 is 6.09 Å². The molecular formula is C20H21NO4. The van der Waals surface area contributed by atoms with E-state index in [0.717, 1.165) is 0 Å². The molecule has 2 N–H and O–H groups in total. The minimum atomic E-state index is -0.589. The highest BCUT2D eigenvalue weighted by Gasteiger charge is 2.30. The lowest BCUT2D eigenvalue weighted by molar-refractivity contribution is -0.0155. The Morgan fingerprint density at radius 1 is 1.12 bits per heavy atom. The predicted octanol–water partition coefficient (Wildman–Crippen LogP) is 2.67. The number of hydrogen-bond donors (Lipinski definition) is 2. The van der Waals surface area contributed by atoms with Gasteiger partial charge in [0.2, 0.25) is 0 Å². The molecule has 0 spiro atoms. The molecule has 1 aliphatic heterocycles. The van der Waals surface area contributed by atoms with Gasteiger partial charge < -0.3 is 19.9 Å². The van der Waals surface area contributed by atoms with Gasteiger partial charge in [0, 0.05) is 12.5 Å². The normalized spacial score (nSPS) is 22.1. The highest BCUT2D eigenvalue weighted by atomic mass is 16.5. The summed E-state index contributed by atoms with van der Waals surface area (Å²) in [5.41, 5.74) is 4.75. The van der Waals surface area contributed by atoms with Gasteiger partial charge in [0.15, 0.2) is 0 Å². The summed E-state index contributed by atoms with van der Waals surface area (Å²) in [5.74, 6) is 0.0330. The number of aliphatic hydroxyl groups is 1. The van der Waals surface area contributed by atoms with Gasteiger partial charge in [-0.15, -0.1) is 0 Å². The number of fused-ring (bicyclic) bond motifs is 3. The topological polar surface area (TPSA) is 67.8 Å². The highest BCUT2D eigenvalue weighted by Crippen LogP contribution is 2.44. The molecule has 2 atom stereocenters. The van der Waals surface area contributed by atoms with E-state index in [1.807, 2.05) is 24.3 Å². The molecule has 2 aromatic rings. The van der Waals surface area contributed by atoms with Crippen LogP contribution in [0.3, 0.4) is 0 Å². The summed E-state index contributed by atoms with van der Waals surface area (Å²) < 4.78 is 10.8. The third kappa shape index (κ3) is 3.13. The second-order valence-corrected chi connectivity index (χ2v) is 6.51. The average Bonchev–Trinajstić information content (AvgIpc) is 2.96. The Morgan fingerprint density at radius 3 is 2.40 bits per heavy atom. The van der Waals surface area contributed by atoms with Crippen molar-refractivity contribution in [1.29, 1.82) is 0 Å². The van der Waals surface area contributed by atoms with Crippen LogP contribution in [0.4, 0.5) is 4.79 Å². The first-order valence-electron chi connectivity index (χ1n) is 8.61. The zero-order valence-corrected chi connectivity index (χ0v) is 13.9. The summed E-state index contributed by atoms with van der Waals surface area (Å²) in [6, 6.07) is 16.0. The van der Waals surface area contributed by atoms with Crippen molar-refractivity contribution in [3.05, 3.63) is 59.7 Å². The van der Waals surface area contributed by atoms with E-state index in [0.29, 0.717) is 19.6 Å². The number of aliphatic hydroxyl groups excluding tert-OH is 1. The number of hydrogen-bond acceptors (Lipinski definition) is 4. The van der Waals surface area contributed by atoms with Crippen LogP contribution in [0.2, 0.25) is 0 Å². The van der Waals surface area contributed by atoms with Crippen LogP contribution in [0.1, 0.15) is 23.5 Å². The van der Waals surface area contributed by atoms with Crippen molar-refractivity contribution in [2.24, 2.45) is 0 Å². The van der Waals surface area contributed by atoms with Gasteiger partial charge in [-0.1, -0.05) is 48.5 Å². The van der Waals surface area contributed by atoms with Crippen molar-refractivity contribution < 1.29 is 19.4 Å². The third-order valence-corrected chi connectivity index (χ3v) is 4.97. The fourth-order valence-electron chi connectivity index (χ4n) is 3.66. The minimum Gasteiger partial charge on any atom is -0.449 e. The molecule has 0 aromatic heterocycles. The SMILES string of the molecule is O=C(N[C@@H]1COCC[C@H]1O)OCC1c2ccccc2-c2ccccc21. The minimum absolute atomic E-state index is 0.0330. The Bertz CT molecular complexity index is 730. The van der Waals surface area contributed by atoms with Crippen LogP contribution >= 0.6 is 0 Å². The number of carbonyl (C=O) groups excluding carboxylic acids is 1. The number of carbonyl (C=O) groups is 1. The number of amides is 1. The molecule has 1 heterocycles. The monoisotopic (exact) mass is 339 g/mol. The molecule has 5 nitrogen and oxygen atoms in total. The molecular weight excluding hydrogens is 318 g/mol. The molecule has 0 bridgehead atoms. The Hall–Kier alpha value is -2.37. The third-order valence-electron chi connectivity index (χ3n) is 4.97. The molecule has 1 amide bonds. The van der Waals surface area contributed by atoms with Crippen LogP contribution in [0.25, 0.3) is 11.1 Å². The molecule has 1 fully saturated rings. The molecule has 1 saturated heterocycles. The lowest BCUT2D eigenvalue weighted by Gasteiger charge is -2.28. The van der Waals surface area contributed by atoms with Gasteiger partial charge in [0.1, 0.15) is 6.61 Å². The second-order valence-electron chi connectivity index (χ2n) is 6.51. The van der Waals surface area contributed by atoms with Crippen LogP contribution in [-0.2, 0) is 9.47 Å². The number of rotatable bonds is 3. The van der Waals surface area contributed by atoms with Crippen molar-refractivity contribution in [3.8, 4) is 11.1 Å². The molecule has 0 saturated carbocycles. The van der Waals surface area contributed by atoms with Crippen LogP contribution in [0.15, 0.2) is 48.5 Å². The van der Waals surface area contributed by atoms with Gasteiger partial charge in [-0.3, -0.25) is 0 Å². The molecule has 5 heteroatoms. The molecule has 2 aliphatic rings. The highest BCUT2D eigenvalue weighted by molar-refractivity contribution is 5.79. The van der Waals surface area contributed by atoms with E-state index in [4.69, 9.17) is 9.47 Å². The quantitative estimate of drug-likeness (QED) is 0.902. The standard InChI is InChI=1S/C20H21NO4/c22-19-9-10-24-12-18(19)21-20(23)25-11-17-15-7-3-1-5-13(15)14-6-2-4-8-16(14)17/h1-8,17-19,22H,9-12H2,(H,21,23)/t18-,19-/m1/s1. The predicted molar refractivity (Wildman–Crippen MR) is 93.4 cm³/mol. The van der Waals surface area contributed by atoms with Crippen molar-refractivity contribution >= 4 is 6.09 Å². The fourth-order valence-corrected chi connectivity index (χ4v) is 3.66. The Morgan fingerprint density at radius 2 is 1.76 bits per heavy atom. The summed E-state index contributed by atoms with van der Waals surface area (Å²) in [7, 11) is 0. The lowest BCUT2D eigenvalue weighted by atomic mass is 9.98. The maximum atomic E-state index is 12.1. The zero-order chi connectivity index (χ0) is 17.2. The summed E-state index contributed by atoms with van der Waals surface area (Å²) >= 11 is 0. The number of benzene rings is 2. The Labute approximate surface area is 146 Å². The van der Waals surface area contributed by atoms with Crippen molar-refractivity contribution in [1.82, 2.24) is 5.32 Å². The summed E-state index contributed by atoms with van der Waals surface area (Å²) in [6.45, 7) is 1.10. The van der Waals surface area contributed by atoms with Crippen LogP contribution < -0.4 is 5.32 Å². The first kappa shape index (κ1) is 16.1. The van der Waals surface area contributed by atoms with E-state index in [9.17, 15) is 9.90 Å². The fraction of sp³-hybridized carbons (Fsp3) is 0.350. The summed E-state index contributed by atoms with van der Waals surface area (Å²) in [6.07, 6.45) is -0.584. The molecule has 0 unspecified atom stereocenters. The van der Waals surface area contributed by atoms with Crippen molar-refractivity contribution in [2.45, 2.75) is 24.5 Å². The van der Waals surface area contributed by atoms with Gasteiger partial charge in [-0.05, 0) is 28.7 Å². The van der Waals surface area contributed by atoms with Gasteiger partial charge in [0.05, 0.1) is 18.8 Å². The average molecular weight is 339 g/mol. The second kappa shape index (κ2) is 6.86. The summed E-state index contributed by atoms with van der Waals surface area (Å²) in [5, 5.41) is 12.6. The van der Waals surface area contributed by atoms with Gasteiger partial charge in [0.25, 0.3) is 0 Å². The molecule has 2 aromatic carbocycles. The van der Waals surface area contributed by atoms with Crippen molar-refractivity contribution in [3.63, 3.8) is 0 Å². The number of nitrogens with one attached hydrogen (secondary N) is 1. The first-order chi connectivity index (χ1) is 12.2. The largest absolute Gasteiger partial charge is 0.449 e. The maximum Gasteiger partial charge on any atom is 0.407 e. The van der Waals surface area contributed by atoms with Crippen LogP contribution in [-0.4, -0.2) is 43.2 Å². The van der Waals surface area contributed by atoms with Gasteiger partial charge in [-0.25, -0.2) is 4.79 Å². The molecule has 25 heavy (non-hydrogen) atoms. The van der Waals surface area contributed by atoms with E-state index in [1.54, 1.807) is 0 Å².